The average Bonchev–Trinajstić information content (AvgIpc) is 2.54. The van der Waals surface area contributed by atoms with Gasteiger partial charge in [-0.1, -0.05) is 13.8 Å². The second-order valence-electron chi connectivity index (χ2n) is 5.99. The minimum Gasteiger partial charge on any atom is -0.273 e. The van der Waals surface area contributed by atoms with E-state index in [4.69, 9.17) is 0 Å². The highest BCUT2D eigenvalue weighted by Gasteiger charge is 2.22. The van der Waals surface area contributed by atoms with Gasteiger partial charge in [-0.3, -0.25) is 19.3 Å². The van der Waals surface area contributed by atoms with Crippen LogP contribution in [0.2, 0.25) is 0 Å². The Bertz CT molecular complexity index is 1120. The summed E-state index contributed by atoms with van der Waals surface area (Å²) in [6.07, 6.45) is 1.60. The molecular formula is C17H14BrF2N3O2. The van der Waals surface area contributed by atoms with Crippen LogP contribution in [0.1, 0.15) is 31.0 Å². The van der Waals surface area contributed by atoms with Crippen LogP contribution in [-0.2, 0) is 0 Å². The van der Waals surface area contributed by atoms with Gasteiger partial charge in [0.15, 0.2) is 5.82 Å². The number of fused-ring (bicyclic) bond motifs is 1. The van der Waals surface area contributed by atoms with Gasteiger partial charge in [0.1, 0.15) is 11.3 Å². The second-order valence-corrected chi connectivity index (χ2v) is 6.79. The zero-order valence-electron chi connectivity index (χ0n) is 13.7. The van der Waals surface area contributed by atoms with Crippen LogP contribution in [0.3, 0.4) is 0 Å². The topological polar surface area (TPSA) is 67.8 Å². The standard InChI is InChI=1S/C17H14BrF2N3O2/c1-7(2)13-14(8(3)4-5-21-13)23-15-9(16(24)22-17(23)25)6-10(19)11(18)12(15)20/h4-7H,1-3H3,(H,22,24,25). The van der Waals surface area contributed by atoms with Gasteiger partial charge in [-0.05, 0) is 46.5 Å². The molecule has 0 fully saturated rings. The second kappa shape index (κ2) is 6.18. The molecule has 130 valence electrons. The number of nitrogens with one attached hydrogen (secondary N) is 1. The molecule has 25 heavy (non-hydrogen) atoms. The number of H-pyrrole nitrogens is 1. The van der Waals surface area contributed by atoms with Crippen molar-refractivity contribution in [3.8, 4) is 5.69 Å². The summed E-state index contributed by atoms with van der Waals surface area (Å²) in [6.45, 7) is 5.52. The number of aromatic amines is 1. The molecule has 0 saturated heterocycles. The summed E-state index contributed by atoms with van der Waals surface area (Å²) in [5.74, 6) is -2.00. The van der Waals surface area contributed by atoms with Gasteiger partial charge in [0.25, 0.3) is 5.56 Å². The quantitative estimate of drug-likeness (QED) is 0.658. The van der Waals surface area contributed by atoms with E-state index >= 15 is 0 Å². The summed E-state index contributed by atoms with van der Waals surface area (Å²) < 4.78 is 29.3. The van der Waals surface area contributed by atoms with Gasteiger partial charge < -0.3 is 0 Å². The third kappa shape index (κ3) is 2.70. The fourth-order valence-corrected chi connectivity index (χ4v) is 3.10. The Labute approximate surface area is 149 Å². The van der Waals surface area contributed by atoms with Crippen molar-refractivity contribution in [1.82, 2.24) is 14.5 Å². The van der Waals surface area contributed by atoms with Gasteiger partial charge in [0.05, 0.1) is 21.2 Å². The molecule has 0 amide bonds. The van der Waals surface area contributed by atoms with Crippen molar-refractivity contribution in [3.05, 3.63) is 66.5 Å². The molecule has 1 N–H and O–H groups in total. The minimum absolute atomic E-state index is 0.0595. The fourth-order valence-electron chi connectivity index (χ4n) is 2.80. The third-order valence-electron chi connectivity index (χ3n) is 3.95. The molecule has 3 aromatic rings. The van der Waals surface area contributed by atoms with Crippen molar-refractivity contribution in [2.24, 2.45) is 0 Å². The molecule has 0 spiro atoms. The van der Waals surface area contributed by atoms with Crippen molar-refractivity contribution in [1.29, 1.82) is 0 Å². The zero-order chi connectivity index (χ0) is 18.5. The summed E-state index contributed by atoms with van der Waals surface area (Å²) in [5, 5.41) is -0.254. The molecule has 0 saturated carbocycles. The predicted molar refractivity (Wildman–Crippen MR) is 94.4 cm³/mol. The molecular weight excluding hydrogens is 396 g/mol. The highest BCUT2D eigenvalue weighted by atomic mass is 79.9. The maximum atomic E-state index is 14.8. The van der Waals surface area contributed by atoms with Crippen LogP contribution >= 0.6 is 15.9 Å². The van der Waals surface area contributed by atoms with E-state index in [1.54, 1.807) is 19.2 Å². The Morgan fingerprint density at radius 3 is 2.60 bits per heavy atom. The summed E-state index contributed by atoms with van der Waals surface area (Å²) in [6, 6.07) is 2.58. The van der Waals surface area contributed by atoms with Crippen LogP contribution in [0.5, 0.6) is 0 Å². The Morgan fingerprint density at radius 1 is 1.28 bits per heavy atom. The Kier molecular flexibility index (Phi) is 4.32. The number of aromatic nitrogens is 3. The first-order valence-electron chi connectivity index (χ1n) is 7.52. The lowest BCUT2D eigenvalue weighted by molar-refractivity contribution is 0.576. The smallest absolute Gasteiger partial charge is 0.273 e. The molecule has 2 heterocycles. The summed E-state index contributed by atoms with van der Waals surface area (Å²) >= 11 is 2.83. The highest BCUT2D eigenvalue weighted by molar-refractivity contribution is 9.10. The monoisotopic (exact) mass is 409 g/mol. The lowest BCUT2D eigenvalue weighted by Gasteiger charge is -2.18. The Balaban J connectivity index is 2.63. The van der Waals surface area contributed by atoms with E-state index in [0.717, 1.165) is 10.6 Å². The minimum atomic E-state index is -1.02. The Hall–Kier alpha value is -2.35. The first kappa shape index (κ1) is 17.5. The van der Waals surface area contributed by atoms with E-state index in [2.05, 4.69) is 25.9 Å². The van der Waals surface area contributed by atoms with Gasteiger partial charge in [0.2, 0.25) is 0 Å². The molecule has 5 nitrogen and oxygen atoms in total. The number of aryl methyl sites for hydroxylation is 1. The van der Waals surface area contributed by atoms with Crippen LogP contribution in [0.25, 0.3) is 16.6 Å². The largest absolute Gasteiger partial charge is 0.333 e. The van der Waals surface area contributed by atoms with E-state index in [9.17, 15) is 18.4 Å². The maximum Gasteiger partial charge on any atom is 0.333 e. The molecule has 8 heteroatoms. The average molecular weight is 410 g/mol. The van der Waals surface area contributed by atoms with E-state index in [-0.39, 0.29) is 16.8 Å². The molecule has 0 unspecified atom stereocenters. The van der Waals surface area contributed by atoms with E-state index in [1.807, 2.05) is 13.8 Å². The first-order valence-corrected chi connectivity index (χ1v) is 8.31. The maximum absolute atomic E-state index is 14.8. The SMILES string of the molecule is Cc1ccnc(C(C)C)c1-n1c(=O)[nH]c(=O)c2cc(F)c(Br)c(F)c21. The number of hydrogen-bond donors (Lipinski definition) is 1. The van der Waals surface area contributed by atoms with E-state index in [0.29, 0.717) is 16.9 Å². The van der Waals surface area contributed by atoms with Crippen molar-refractivity contribution in [2.45, 2.75) is 26.7 Å². The molecule has 1 aromatic carbocycles. The molecule has 0 aliphatic heterocycles. The highest BCUT2D eigenvalue weighted by Crippen LogP contribution is 2.30. The molecule has 0 aliphatic carbocycles. The molecule has 3 rings (SSSR count). The molecule has 0 bridgehead atoms. The molecule has 2 aromatic heterocycles. The van der Waals surface area contributed by atoms with Gasteiger partial charge in [-0.25, -0.2) is 13.6 Å². The van der Waals surface area contributed by atoms with Crippen LogP contribution < -0.4 is 11.2 Å². The van der Waals surface area contributed by atoms with Crippen LogP contribution in [0, 0.1) is 18.6 Å². The van der Waals surface area contributed by atoms with Crippen molar-refractivity contribution in [3.63, 3.8) is 0 Å². The van der Waals surface area contributed by atoms with E-state index in [1.165, 1.54) is 0 Å². The van der Waals surface area contributed by atoms with E-state index < -0.39 is 27.4 Å². The Morgan fingerprint density at radius 2 is 1.96 bits per heavy atom. The molecule has 0 radical (unpaired) electrons. The van der Waals surface area contributed by atoms with Crippen LogP contribution in [0.4, 0.5) is 8.78 Å². The first-order chi connectivity index (χ1) is 11.7. The molecule has 0 aliphatic rings. The fraction of sp³-hybridized carbons (Fsp3) is 0.235. The molecule has 0 atom stereocenters. The number of nitrogens with zero attached hydrogens (tertiary/aromatic N) is 2. The lowest BCUT2D eigenvalue weighted by atomic mass is 10.0. The van der Waals surface area contributed by atoms with Crippen LogP contribution in [-0.4, -0.2) is 14.5 Å². The zero-order valence-corrected chi connectivity index (χ0v) is 15.2. The number of benzene rings is 1. The van der Waals surface area contributed by atoms with Crippen molar-refractivity contribution in [2.75, 3.05) is 0 Å². The number of hydrogen-bond acceptors (Lipinski definition) is 3. The lowest BCUT2D eigenvalue weighted by Crippen LogP contribution is -2.31. The number of rotatable bonds is 2. The van der Waals surface area contributed by atoms with Gasteiger partial charge in [-0.15, -0.1) is 0 Å². The summed E-state index contributed by atoms with van der Waals surface area (Å²) in [4.78, 5) is 31.0. The third-order valence-corrected chi connectivity index (χ3v) is 4.68. The number of pyridine rings is 1. The summed E-state index contributed by atoms with van der Waals surface area (Å²) in [5.41, 5.74) is -0.340. The number of halogens is 3. The van der Waals surface area contributed by atoms with Crippen molar-refractivity contribution < 1.29 is 8.78 Å². The van der Waals surface area contributed by atoms with Crippen molar-refractivity contribution >= 4 is 26.8 Å². The van der Waals surface area contributed by atoms with Crippen LogP contribution in [0.15, 0.2) is 32.4 Å². The van der Waals surface area contributed by atoms with Gasteiger partial charge in [0, 0.05) is 6.20 Å². The normalized spacial score (nSPS) is 11.5. The summed E-state index contributed by atoms with van der Waals surface area (Å²) in [7, 11) is 0. The van der Waals surface area contributed by atoms with Gasteiger partial charge in [-0.2, -0.15) is 0 Å². The van der Waals surface area contributed by atoms with Gasteiger partial charge >= 0.3 is 5.69 Å². The predicted octanol–water partition coefficient (Wildman–Crippen LogP) is 3.55.